The van der Waals surface area contributed by atoms with Crippen LogP contribution in [0.3, 0.4) is 0 Å². The highest BCUT2D eigenvalue weighted by Crippen LogP contribution is 2.34. The van der Waals surface area contributed by atoms with Crippen LogP contribution >= 0.6 is 15.9 Å². The quantitative estimate of drug-likeness (QED) is 0.243. The molecule has 5 nitrogen and oxygen atoms in total. The number of allylic oxidation sites excluding steroid dienone is 1. The van der Waals surface area contributed by atoms with Gasteiger partial charge in [0.2, 0.25) is 0 Å². The SMILES string of the molecule is C=CCc1cc(C=Nc2ccc(N3CCOCC3)cc2)cc(OC)c1OCc1ccc(Br)cc1. The van der Waals surface area contributed by atoms with Crippen molar-refractivity contribution >= 4 is 33.5 Å². The molecule has 3 aromatic rings. The zero-order valence-electron chi connectivity index (χ0n) is 19.4. The molecule has 1 aliphatic heterocycles. The second-order valence-electron chi connectivity index (χ2n) is 7.99. The van der Waals surface area contributed by atoms with E-state index in [0.717, 1.165) is 58.9 Å². The fourth-order valence-electron chi connectivity index (χ4n) is 3.84. The van der Waals surface area contributed by atoms with Crippen molar-refractivity contribution in [2.75, 3.05) is 38.3 Å². The molecule has 0 atom stereocenters. The maximum atomic E-state index is 6.18. The zero-order chi connectivity index (χ0) is 23.8. The smallest absolute Gasteiger partial charge is 0.165 e. The molecule has 1 heterocycles. The Balaban J connectivity index is 1.51. The molecular weight excluding hydrogens is 492 g/mol. The van der Waals surface area contributed by atoms with Crippen molar-refractivity contribution in [1.82, 2.24) is 0 Å². The molecule has 6 heteroatoms. The van der Waals surface area contributed by atoms with Crippen LogP contribution in [0.5, 0.6) is 11.5 Å². The van der Waals surface area contributed by atoms with Crippen LogP contribution in [-0.4, -0.2) is 39.6 Å². The molecule has 0 bridgehead atoms. The van der Waals surface area contributed by atoms with Crippen molar-refractivity contribution in [3.05, 3.63) is 94.5 Å². The second kappa shape index (κ2) is 11.9. The Morgan fingerprint density at radius 2 is 1.79 bits per heavy atom. The minimum atomic E-state index is 0.455. The van der Waals surface area contributed by atoms with Crippen LogP contribution in [0, 0.1) is 0 Å². The molecule has 0 unspecified atom stereocenters. The molecule has 1 aliphatic rings. The van der Waals surface area contributed by atoms with Crippen molar-refractivity contribution in [3.8, 4) is 11.5 Å². The van der Waals surface area contributed by atoms with Gasteiger partial charge in [-0.15, -0.1) is 6.58 Å². The number of hydrogen-bond donors (Lipinski definition) is 0. The lowest BCUT2D eigenvalue weighted by atomic mass is 10.1. The number of hydrogen-bond acceptors (Lipinski definition) is 5. The summed E-state index contributed by atoms with van der Waals surface area (Å²) in [6.45, 7) is 7.75. The van der Waals surface area contributed by atoms with Crippen LogP contribution < -0.4 is 14.4 Å². The number of aliphatic imine (C=N–C) groups is 1. The molecule has 0 N–H and O–H groups in total. The molecule has 4 rings (SSSR count). The molecule has 1 saturated heterocycles. The van der Waals surface area contributed by atoms with Crippen LogP contribution in [0.25, 0.3) is 0 Å². The topological polar surface area (TPSA) is 43.3 Å². The summed E-state index contributed by atoms with van der Waals surface area (Å²) in [6.07, 6.45) is 4.39. The first kappa shape index (κ1) is 24.0. The average molecular weight is 521 g/mol. The third kappa shape index (κ3) is 6.27. The first-order valence-electron chi connectivity index (χ1n) is 11.3. The van der Waals surface area contributed by atoms with E-state index in [0.29, 0.717) is 18.8 Å². The first-order valence-corrected chi connectivity index (χ1v) is 12.1. The van der Waals surface area contributed by atoms with Crippen LogP contribution in [0.4, 0.5) is 11.4 Å². The van der Waals surface area contributed by atoms with Gasteiger partial charge in [0.25, 0.3) is 0 Å². The zero-order valence-corrected chi connectivity index (χ0v) is 21.0. The lowest BCUT2D eigenvalue weighted by Crippen LogP contribution is -2.36. The van der Waals surface area contributed by atoms with Gasteiger partial charge in [-0.25, -0.2) is 0 Å². The number of morpholine rings is 1. The van der Waals surface area contributed by atoms with Gasteiger partial charge in [0, 0.05) is 35.0 Å². The van der Waals surface area contributed by atoms with Crippen LogP contribution in [-0.2, 0) is 17.8 Å². The van der Waals surface area contributed by atoms with Gasteiger partial charge < -0.3 is 19.1 Å². The fraction of sp³-hybridized carbons (Fsp3) is 0.250. The number of ether oxygens (including phenoxy) is 3. The van der Waals surface area contributed by atoms with Gasteiger partial charge in [-0.05, 0) is 66.1 Å². The van der Waals surface area contributed by atoms with Crippen molar-refractivity contribution in [1.29, 1.82) is 0 Å². The molecule has 1 fully saturated rings. The Kier molecular flexibility index (Phi) is 8.39. The molecule has 176 valence electrons. The van der Waals surface area contributed by atoms with Crippen LogP contribution in [0.2, 0.25) is 0 Å². The predicted octanol–water partition coefficient (Wildman–Crippen LogP) is 6.35. The number of nitrogens with zero attached hydrogens (tertiary/aromatic N) is 2. The van der Waals surface area contributed by atoms with E-state index < -0.39 is 0 Å². The second-order valence-corrected chi connectivity index (χ2v) is 8.91. The maximum absolute atomic E-state index is 6.18. The van der Waals surface area contributed by atoms with Gasteiger partial charge in [-0.1, -0.05) is 34.1 Å². The minimum absolute atomic E-state index is 0.455. The van der Waals surface area contributed by atoms with Crippen molar-refractivity contribution < 1.29 is 14.2 Å². The van der Waals surface area contributed by atoms with Crippen molar-refractivity contribution in [2.24, 2.45) is 4.99 Å². The van der Waals surface area contributed by atoms with Crippen LogP contribution in [0.15, 0.2) is 82.8 Å². The van der Waals surface area contributed by atoms with Gasteiger partial charge in [-0.2, -0.15) is 0 Å². The Hall–Kier alpha value is -3.09. The van der Waals surface area contributed by atoms with E-state index >= 15 is 0 Å². The van der Waals surface area contributed by atoms with E-state index in [2.05, 4.69) is 50.6 Å². The molecule has 0 spiro atoms. The van der Waals surface area contributed by atoms with E-state index in [1.165, 1.54) is 5.69 Å². The lowest BCUT2D eigenvalue weighted by molar-refractivity contribution is 0.122. The van der Waals surface area contributed by atoms with E-state index in [4.69, 9.17) is 14.2 Å². The number of benzene rings is 3. The number of anilines is 1. The monoisotopic (exact) mass is 520 g/mol. The van der Waals surface area contributed by atoms with Gasteiger partial charge in [0.1, 0.15) is 6.61 Å². The Morgan fingerprint density at radius 3 is 2.47 bits per heavy atom. The molecule has 3 aromatic carbocycles. The van der Waals surface area contributed by atoms with E-state index in [1.807, 2.05) is 54.8 Å². The third-order valence-corrected chi connectivity index (χ3v) is 6.15. The summed E-state index contributed by atoms with van der Waals surface area (Å²) in [7, 11) is 1.66. The maximum Gasteiger partial charge on any atom is 0.165 e. The van der Waals surface area contributed by atoms with Crippen molar-refractivity contribution in [3.63, 3.8) is 0 Å². The highest BCUT2D eigenvalue weighted by atomic mass is 79.9. The largest absolute Gasteiger partial charge is 0.493 e. The summed E-state index contributed by atoms with van der Waals surface area (Å²) in [4.78, 5) is 7.01. The van der Waals surface area contributed by atoms with E-state index in [9.17, 15) is 0 Å². The number of methoxy groups -OCH3 is 1. The Morgan fingerprint density at radius 1 is 1.06 bits per heavy atom. The summed E-state index contributed by atoms with van der Waals surface area (Å²) < 4.78 is 18.3. The number of halogens is 1. The third-order valence-electron chi connectivity index (χ3n) is 5.62. The molecular formula is C28H29BrN2O3. The molecule has 0 aromatic heterocycles. The van der Waals surface area contributed by atoms with Gasteiger partial charge in [0.05, 0.1) is 26.0 Å². The molecule has 0 saturated carbocycles. The Labute approximate surface area is 209 Å². The standard InChI is InChI=1S/C28H29BrN2O3/c1-3-4-23-17-22(18-27(32-2)28(23)34-20-21-5-7-24(29)8-6-21)19-30-25-9-11-26(12-10-25)31-13-15-33-16-14-31/h3,5-12,17-19H,1,4,13-16,20H2,2H3. The number of rotatable bonds is 9. The first-order chi connectivity index (χ1) is 16.7. The van der Waals surface area contributed by atoms with E-state index in [-0.39, 0.29) is 0 Å². The van der Waals surface area contributed by atoms with E-state index in [1.54, 1.807) is 7.11 Å². The van der Waals surface area contributed by atoms with Gasteiger partial charge >= 0.3 is 0 Å². The molecule has 0 radical (unpaired) electrons. The highest BCUT2D eigenvalue weighted by Gasteiger charge is 2.13. The Bertz CT molecular complexity index is 1120. The molecule has 34 heavy (non-hydrogen) atoms. The summed E-state index contributed by atoms with van der Waals surface area (Å²) in [6, 6.07) is 20.4. The normalized spacial score (nSPS) is 13.8. The summed E-state index contributed by atoms with van der Waals surface area (Å²) >= 11 is 3.47. The summed E-state index contributed by atoms with van der Waals surface area (Å²) in [5.74, 6) is 1.41. The van der Waals surface area contributed by atoms with Crippen molar-refractivity contribution in [2.45, 2.75) is 13.0 Å². The molecule has 0 aliphatic carbocycles. The fourth-order valence-corrected chi connectivity index (χ4v) is 4.10. The van der Waals surface area contributed by atoms with Crippen LogP contribution in [0.1, 0.15) is 16.7 Å². The van der Waals surface area contributed by atoms with Gasteiger partial charge in [-0.3, -0.25) is 4.99 Å². The summed E-state index contributed by atoms with van der Waals surface area (Å²) in [5.41, 5.74) is 5.14. The minimum Gasteiger partial charge on any atom is -0.493 e. The summed E-state index contributed by atoms with van der Waals surface area (Å²) in [5, 5.41) is 0. The average Bonchev–Trinajstić information content (AvgIpc) is 2.88. The molecule has 0 amide bonds. The lowest BCUT2D eigenvalue weighted by Gasteiger charge is -2.28. The predicted molar refractivity (Wildman–Crippen MR) is 142 cm³/mol. The van der Waals surface area contributed by atoms with Gasteiger partial charge in [0.15, 0.2) is 11.5 Å². The highest BCUT2D eigenvalue weighted by molar-refractivity contribution is 9.10.